The molecule has 1 aliphatic rings. The van der Waals surface area contributed by atoms with Crippen molar-refractivity contribution in [2.75, 3.05) is 26.8 Å². The largest absolute Gasteiger partial charge is 0.388 e. The second-order valence-electron chi connectivity index (χ2n) is 4.55. The minimum Gasteiger partial charge on any atom is -0.388 e. The molecule has 0 bridgehead atoms. The Labute approximate surface area is 96.6 Å². The summed E-state index contributed by atoms with van der Waals surface area (Å²) >= 11 is 0. The van der Waals surface area contributed by atoms with Gasteiger partial charge in [-0.3, -0.25) is 4.79 Å². The Morgan fingerprint density at radius 3 is 2.62 bits per heavy atom. The van der Waals surface area contributed by atoms with E-state index in [0.717, 1.165) is 0 Å². The second kappa shape index (κ2) is 5.61. The van der Waals surface area contributed by atoms with E-state index in [1.165, 1.54) is 4.90 Å². The first kappa shape index (κ1) is 13.4. The zero-order valence-electron chi connectivity index (χ0n) is 10.1. The van der Waals surface area contributed by atoms with E-state index in [-0.39, 0.29) is 5.91 Å². The van der Waals surface area contributed by atoms with Crippen molar-refractivity contribution >= 4 is 5.91 Å². The van der Waals surface area contributed by atoms with E-state index < -0.39 is 11.6 Å². The Morgan fingerprint density at radius 1 is 1.56 bits per heavy atom. The van der Waals surface area contributed by atoms with Crippen molar-refractivity contribution in [2.24, 2.45) is 5.73 Å². The van der Waals surface area contributed by atoms with Crippen molar-refractivity contribution in [3.8, 4) is 0 Å². The monoisotopic (exact) mass is 230 g/mol. The molecule has 1 fully saturated rings. The molecule has 3 N–H and O–H groups in total. The fourth-order valence-electron chi connectivity index (χ4n) is 1.89. The van der Waals surface area contributed by atoms with Crippen LogP contribution in [0.3, 0.4) is 0 Å². The first-order valence-electron chi connectivity index (χ1n) is 5.79. The van der Waals surface area contributed by atoms with E-state index in [2.05, 4.69) is 0 Å². The van der Waals surface area contributed by atoms with Crippen LogP contribution in [0, 0.1) is 0 Å². The number of carbonyl (C=O) groups is 1. The van der Waals surface area contributed by atoms with Crippen molar-refractivity contribution in [1.29, 1.82) is 0 Å². The molecule has 1 atom stereocenters. The molecule has 0 unspecified atom stereocenters. The van der Waals surface area contributed by atoms with Crippen LogP contribution in [0.2, 0.25) is 0 Å². The van der Waals surface area contributed by atoms with Crippen LogP contribution in [0.1, 0.15) is 26.2 Å². The highest BCUT2D eigenvalue weighted by Crippen LogP contribution is 2.21. The van der Waals surface area contributed by atoms with E-state index in [0.29, 0.717) is 39.0 Å². The lowest BCUT2D eigenvalue weighted by molar-refractivity contribution is -0.138. The number of hydrogen-bond acceptors (Lipinski definition) is 4. The SMILES string of the molecule is CC[C@@H](N)C(=O)N(C)CC1(O)CCOCC1. The Kier molecular flexibility index (Phi) is 4.70. The van der Waals surface area contributed by atoms with Crippen LogP contribution in [0.15, 0.2) is 0 Å². The third-order valence-corrected chi connectivity index (χ3v) is 3.09. The van der Waals surface area contributed by atoms with Gasteiger partial charge in [-0.15, -0.1) is 0 Å². The molecule has 16 heavy (non-hydrogen) atoms. The zero-order valence-corrected chi connectivity index (χ0v) is 10.1. The Morgan fingerprint density at radius 2 is 2.12 bits per heavy atom. The lowest BCUT2D eigenvalue weighted by Crippen LogP contribution is -2.50. The second-order valence-corrected chi connectivity index (χ2v) is 4.55. The molecule has 5 nitrogen and oxygen atoms in total. The molecule has 5 heteroatoms. The minimum absolute atomic E-state index is 0.109. The highest BCUT2D eigenvalue weighted by molar-refractivity contribution is 5.81. The molecule has 1 rings (SSSR count). The zero-order chi connectivity index (χ0) is 12.2. The van der Waals surface area contributed by atoms with Gasteiger partial charge in [-0.25, -0.2) is 0 Å². The van der Waals surface area contributed by atoms with Gasteiger partial charge in [0.25, 0.3) is 0 Å². The Balaban J connectivity index is 2.49. The number of aliphatic hydroxyl groups is 1. The third-order valence-electron chi connectivity index (χ3n) is 3.09. The normalized spacial score (nSPS) is 21.5. The molecule has 0 aromatic carbocycles. The number of nitrogens with zero attached hydrogens (tertiary/aromatic N) is 1. The summed E-state index contributed by atoms with van der Waals surface area (Å²) in [5.41, 5.74) is 4.86. The highest BCUT2D eigenvalue weighted by Gasteiger charge is 2.33. The quantitative estimate of drug-likeness (QED) is 0.696. The Hall–Kier alpha value is -0.650. The molecule has 0 radical (unpaired) electrons. The number of hydrogen-bond donors (Lipinski definition) is 2. The van der Waals surface area contributed by atoms with Gasteiger partial charge in [0.05, 0.1) is 11.6 Å². The average Bonchev–Trinajstić information content (AvgIpc) is 2.27. The molecule has 1 saturated heterocycles. The summed E-state index contributed by atoms with van der Waals surface area (Å²) in [6.45, 7) is 3.32. The topological polar surface area (TPSA) is 75.8 Å². The van der Waals surface area contributed by atoms with Crippen molar-refractivity contribution in [3.05, 3.63) is 0 Å². The predicted molar refractivity (Wildman–Crippen MR) is 60.9 cm³/mol. The molecular formula is C11H22N2O3. The van der Waals surface area contributed by atoms with E-state index in [1.54, 1.807) is 7.05 Å². The fourth-order valence-corrected chi connectivity index (χ4v) is 1.89. The summed E-state index contributed by atoms with van der Waals surface area (Å²) in [5, 5.41) is 10.2. The van der Waals surface area contributed by atoms with Crippen LogP contribution in [0.25, 0.3) is 0 Å². The van der Waals surface area contributed by atoms with Gasteiger partial charge in [0.2, 0.25) is 5.91 Å². The molecule has 0 aromatic rings. The maximum Gasteiger partial charge on any atom is 0.239 e. The van der Waals surface area contributed by atoms with Crippen molar-refractivity contribution < 1.29 is 14.6 Å². The van der Waals surface area contributed by atoms with E-state index in [4.69, 9.17) is 10.5 Å². The van der Waals surface area contributed by atoms with Crippen molar-refractivity contribution in [2.45, 2.75) is 37.8 Å². The van der Waals surface area contributed by atoms with Gasteiger partial charge in [-0.2, -0.15) is 0 Å². The smallest absolute Gasteiger partial charge is 0.239 e. The number of carbonyl (C=O) groups excluding carboxylic acids is 1. The van der Waals surface area contributed by atoms with Crippen molar-refractivity contribution in [1.82, 2.24) is 4.90 Å². The number of nitrogens with two attached hydrogens (primary N) is 1. The molecule has 1 heterocycles. The van der Waals surface area contributed by atoms with E-state index >= 15 is 0 Å². The van der Waals surface area contributed by atoms with E-state index in [1.807, 2.05) is 6.92 Å². The van der Waals surface area contributed by atoms with Crippen LogP contribution in [-0.2, 0) is 9.53 Å². The van der Waals surface area contributed by atoms with Gasteiger partial charge in [-0.1, -0.05) is 6.92 Å². The Bertz CT molecular complexity index is 239. The van der Waals surface area contributed by atoms with E-state index in [9.17, 15) is 9.90 Å². The molecule has 1 amide bonds. The first-order chi connectivity index (χ1) is 7.48. The lowest BCUT2D eigenvalue weighted by Gasteiger charge is -2.36. The minimum atomic E-state index is -0.809. The fraction of sp³-hybridized carbons (Fsp3) is 0.909. The van der Waals surface area contributed by atoms with Crippen LogP contribution in [0.5, 0.6) is 0 Å². The average molecular weight is 230 g/mol. The molecule has 94 valence electrons. The van der Waals surface area contributed by atoms with Crippen LogP contribution < -0.4 is 5.73 Å². The van der Waals surface area contributed by atoms with Gasteiger partial charge < -0.3 is 20.5 Å². The number of rotatable bonds is 4. The predicted octanol–water partition coefficient (Wildman–Crippen LogP) is -0.276. The number of ether oxygens (including phenoxy) is 1. The highest BCUT2D eigenvalue weighted by atomic mass is 16.5. The molecule has 0 saturated carbocycles. The van der Waals surface area contributed by atoms with Gasteiger partial charge in [0.1, 0.15) is 0 Å². The third kappa shape index (κ3) is 3.43. The summed E-state index contributed by atoms with van der Waals surface area (Å²) in [5.74, 6) is -0.109. The summed E-state index contributed by atoms with van der Waals surface area (Å²) in [4.78, 5) is 13.3. The number of likely N-dealkylation sites (N-methyl/N-ethyl adjacent to an activating group) is 1. The summed E-state index contributed by atoms with van der Waals surface area (Å²) in [7, 11) is 1.69. The molecule has 1 aliphatic heterocycles. The number of amides is 1. The van der Waals surface area contributed by atoms with Crippen LogP contribution in [-0.4, -0.2) is 54.4 Å². The first-order valence-corrected chi connectivity index (χ1v) is 5.79. The van der Waals surface area contributed by atoms with Crippen LogP contribution in [0.4, 0.5) is 0 Å². The lowest BCUT2D eigenvalue weighted by atomic mass is 9.93. The maximum absolute atomic E-state index is 11.7. The standard InChI is InChI=1S/C11H22N2O3/c1-3-9(12)10(14)13(2)8-11(15)4-6-16-7-5-11/h9,15H,3-8,12H2,1-2H3/t9-/m1/s1. The van der Waals surface area contributed by atoms with Gasteiger partial charge in [0.15, 0.2) is 0 Å². The van der Waals surface area contributed by atoms with Gasteiger partial charge in [0, 0.05) is 39.6 Å². The summed E-state index contributed by atoms with van der Waals surface area (Å²) in [6, 6.07) is -0.464. The maximum atomic E-state index is 11.7. The van der Waals surface area contributed by atoms with Gasteiger partial charge in [-0.05, 0) is 6.42 Å². The van der Waals surface area contributed by atoms with Gasteiger partial charge >= 0.3 is 0 Å². The summed E-state index contributed by atoms with van der Waals surface area (Å²) < 4.78 is 5.19. The molecule has 0 aliphatic carbocycles. The molecular weight excluding hydrogens is 208 g/mol. The molecule has 0 aromatic heterocycles. The van der Waals surface area contributed by atoms with Crippen molar-refractivity contribution in [3.63, 3.8) is 0 Å². The van der Waals surface area contributed by atoms with Crippen LogP contribution >= 0.6 is 0 Å². The summed E-state index contributed by atoms with van der Waals surface area (Å²) in [6.07, 6.45) is 1.77. The molecule has 0 spiro atoms.